The maximum absolute atomic E-state index is 12.4. The third-order valence-corrected chi connectivity index (χ3v) is 4.49. The van der Waals surface area contributed by atoms with E-state index in [0.717, 1.165) is 0 Å². The van der Waals surface area contributed by atoms with Crippen LogP contribution in [0.25, 0.3) is 12.2 Å². The Kier molecular flexibility index (Phi) is 10.2. The molecule has 6 nitrogen and oxygen atoms in total. The van der Waals surface area contributed by atoms with E-state index >= 15 is 0 Å². The molecule has 0 aliphatic carbocycles. The zero-order valence-electron chi connectivity index (χ0n) is 18.8. The number of allylic oxidation sites excluding steroid dienone is 2. The maximum Gasteiger partial charge on any atom is 0.167 e. The van der Waals surface area contributed by atoms with Crippen LogP contribution >= 0.6 is 0 Å². The first-order chi connectivity index (χ1) is 14.0. The minimum Gasteiger partial charge on any atom is -0.309 e. The van der Waals surface area contributed by atoms with Crippen LogP contribution in [0.4, 0.5) is 0 Å². The van der Waals surface area contributed by atoms with Crippen LogP contribution in [0.2, 0.25) is 0 Å². The van der Waals surface area contributed by atoms with Gasteiger partial charge in [-0.3, -0.25) is 19.2 Å². The topological polar surface area (TPSA) is 74.8 Å². The lowest BCUT2D eigenvalue weighted by atomic mass is 9.99. The van der Waals surface area contributed by atoms with E-state index < -0.39 is 0 Å². The molecule has 0 amide bonds. The second-order valence-corrected chi connectivity index (χ2v) is 7.85. The Hall–Kier alpha value is -2.70. The van der Waals surface area contributed by atoms with Gasteiger partial charge < -0.3 is 9.80 Å². The summed E-state index contributed by atoms with van der Waals surface area (Å²) < 4.78 is 0. The second-order valence-electron chi connectivity index (χ2n) is 7.85. The van der Waals surface area contributed by atoms with Crippen LogP contribution in [0, 0.1) is 0 Å². The first kappa shape index (κ1) is 25.3. The fraction of sp³-hybridized carbons (Fsp3) is 0.417. The number of rotatable bonds is 12. The Morgan fingerprint density at radius 1 is 0.667 bits per heavy atom. The van der Waals surface area contributed by atoms with Gasteiger partial charge in [0.25, 0.3) is 0 Å². The van der Waals surface area contributed by atoms with Gasteiger partial charge in [-0.25, -0.2) is 0 Å². The molecule has 0 aliphatic rings. The van der Waals surface area contributed by atoms with Crippen molar-refractivity contribution in [1.82, 2.24) is 9.80 Å². The highest BCUT2D eigenvalue weighted by Crippen LogP contribution is 2.15. The van der Waals surface area contributed by atoms with Gasteiger partial charge in [-0.1, -0.05) is 24.3 Å². The van der Waals surface area contributed by atoms with E-state index in [4.69, 9.17) is 0 Å². The highest BCUT2D eigenvalue weighted by Gasteiger charge is 2.16. The Morgan fingerprint density at radius 3 is 1.20 bits per heavy atom. The lowest BCUT2D eigenvalue weighted by molar-refractivity contribution is -0.122. The third kappa shape index (κ3) is 8.76. The molecular formula is C24H32N2O4. The number of carbonyl (C=O) groups is 4. The van der Waals surface area contributed by atoms with Crippen LogP contribution in [-0.2, 0) is 19.2 Å². The first-order valence-corrected chi connectivity index (χ1v) is 9.92. The Bertz CT molecular complexity index is 775. The van der Waals surface area contributed by atoms with E-state index in [-0.39, 0.29) is 47.1 Å². The molecule has 0 spiro atoms. The molecule has 6 heteroatoms. The van der Waals surface area contributed by atoms with E-state index in [1.807, 2.05) is 38.0 Å². The van der Waals surface area contributed by atoms with Crippen molar-refractivity contribution < 1.29 is 19.2 Å². The van der Waals surface area contributed by atoms with Gasteiger partial charge in [0.05, 0.1) is 11.1 Å². The summed E-state index contributed by atoms with van der Waals surface area (Å²) in [5, 5.41) is 0. The SMILES string of the molecule is CC(=O)/C(=C/c1ccc(/C=C(/C(C)=O)C(=O)CCN(C)C)cc1)C(=O)CCN(C)C. The van der Waals surface area contributed by atoms with Crippen LogP contribution in [0.5, 0.6) is 0 Å². The summed E-state index contributed by atoms with van der Waals surface area (Å²) in [6.07, 6.45) is 3.72. The van der Waals surface area contributed by atoms with Crippen molar-refractivity contribution >= 4 is 35.3 Å². The molecule has 1 aromatic rings. The van der Waals surface area contributed by atoms with Gasteiger partial charge in [0.1, 0.15) is 0 Å². The molecule has 0 heterocycles. The predicted octanol–water partition coefficient (Wildman–Crippen LogP) is 2.67. The van der Waals surface area contributed by atoms with Gasteiger partial charge in [0, 0.05) is 25.9 Å². The van der Waals surface area contributed by atoms with E-state index in [1.54, 1.807) is 36.4 Å². The molecule has 0 aromatic heterocycles. The molecule has 0 bridgehead atoms. The number of hydrogen-bond acceptors (Lipinski definition) is 6. The standard InChI is InChI=1S/C24H32N2O4/c1-17(27)21(23(29)11-13-25(3)4)15-19-7-9-20(10-8-19)16-22(18(2)28)24(30)12-14-26(5)6/h7-10,15-16H,11-14H2,1-6H3/b21-15-,22-16-. The number of benzene rings is 1. The number of ketones is 4. The Balaban J connectivity index is 3.06. The van der Waals surface area contributed by atoms with Gasteiger partial charge >= 0.3 is 0 Å². The Labute approximate surface area is 179 Å². The van der Waals surface area contributed by atoms with E-state index in [9.17, 15) is 19.2 Å². The Morgan fingerprint density at radius 2 is 0.967 bits per heavy atom. The molecular weight excluding hydrogens is 380 g/mol. The molecule has 0 radical (unpaired) electrons. The van der Waals surface area contributed by atoms with Gasteiger partial charge in [0.15, 0.2) is 23.1 Å². The average molecular weight is 413 g/mol. The molecule has 0 atom stereocenters. The van der Waals surface area contributed by atoms with Crippen molar-refractivity contribution in [2.45, 2.75) is 26.7 Å². The van der Waals surface area contributed by atoms with Gasteiger partial charge in [-0.15, -0.1) is 0 Å². The van der Waals surface area contributed by atoms with Crippen molar-refractivity contribution in [2.24, 2.45) is 0 Å². The summed E-state index contributed by atoms with van der Waals surface area (Å²) in [6.45, 7) is 3.91. The molecule has 0 fully saturated rings. The first-order valence-electron chi connectivity index (χ1n) is 9.92. The van der Waals surface area contributed by atoms with Gasteiger partial charge in [-0.2, -0.15) is 0 Å². The second kappa shape index (κ2) is 12.1. The van der Waals surface area contributed by atoms with Crippen LogP contribution in [0.3, 0.4) is 0 Å². The molecule has 1 rings (SSSR count). The summed E-state index contributed by atoms with van der Waals surface area (Å²) in [5.41, 5.74) is 1.75. The van der Waals surface area contributed by atoms with Gasteiger partial charge in [-0.05, 0) is 65.3 Å². The minimum atomic E-state index is -0.270. The molecule has 0 N–H and O–H groups in total. The smallest absolute Gasteiger partial charge is 0.167 e. The van der Waals surface area contributed by atoms with Crippen molar-refractivity contribution in [3.8, 4) is 0 Å². The largest absolute Gasteiger partial charge is 0.309 e. The summed E-state index contributed by atoms with van der Waals surface area (Å²) in [4.78, 5) is 52.3. The van der Waals surface area contributed by atoms with Crippen LogP contribution in [0.15, 0.2) is 35.4 Å². The zero-order chi connectivity index (χ0) is 22.8. The normalized spacial score (nSPS) is 12.4. The van der Waals surface area contributed by atoms with E-state index in [2.05, 4.69) is 0 Å². The number of nitrogens with zero attached hydrogens (tertiary/aromatic N) is 2. The molecule has 0 aliphatic heterocycles. The maximum atomic E-state index is 12.4. The number of carbonyl (C=O) groups excluding carboxylic acids is 4. The van der Waals surface area contributed by atoms with Crippen LogP contribution in [-0.4, -0.2) is 74.2 Å². The highest BCUT2D eigenvalue weighted by atomic mass is 16.2. The van der Waals surface area contributed by atoms with Crippen LogP contribution < -0.4 is 0 Å². The minimum absolute atomic E-state index is 0.170. The molecule has 30 heavy (non-hydrogen) atoms. The molecule has 0 unspecified atom stereocenters. The molecule has 1 aromatic carbocycles. The summed E-state index contributed by atoms with van der Waals surface area (Å²) >= 11 is 0. The molecule has 0 saturated carbocycles. The van der Waals surface area contributed by atoms with Crippen molar-refractivity contribution in [3.63, 3.8) is 0 Å². The molecule has 0 saturated heterocycles. The summed E-state index contributed by atoms with van der Waals surface area (Å²) in [7, 11) is 7.49. The summed E-state index contributed by atoms with van der Waals surface area (Å²) in [5.74, 6) is -0.919. The van der Waals surface area contributed by atoms with E-state index in [1.165, 1.54) is 13.8 Å². The highest BCUT2D eigenvalue weighted by molar-refractivity contribution is 6.23. The van der Waals surface area contributed by atoms with Crippen molar-refractivity contribution in [1.29, 1.82) is 0 Å². The van der Waals surface area contributed by atoms with E-state index in [0.29, 0.717) is 24.2 Å². The average Bonchev–Trinajstić information content (AvgIpc) is 2.66. The summed E-state index contributed by atoms with van der Waals surface area (Å²) in [6, 6.07) is 7.04. The van der Waals surface area contributed by atoms with Crippen molar-refractivity contribution in [3.05, 3.63) is 46.5 Å². The monoisotopic (exact) mass is 412 g/mol. The number of hydrogen-bond donors (Lipinski definition) is 0. The van der Waals surface area contributed by atoms with Crippen LogP contribution in [0.1, 0.15) is 37.8 Å². The fourth-order valence-corrected chi connectivity index (χ4v) is 2.70. The lowest BCUT2D eigenvalue weighted by Crippen LogP contribution is -2.19. The lowest BCUT2D eigenvalue weighted by Gasteiger charge is -2.10. The van der Waals surface area contributed by atoms with Gasteiger partial charge in [0.2, 0.25) is 0 Å². The fourth-order valence-electron chi connectivity index (χ4n) is 2.70. The molecule has 162 valence electrons. The number of Topliss-reactive ketones (excluding diaryl/α,β-unsaturated/α-hetero) is 4. The zero-order valence-corrected chi connectivity index (χ0v) is 18.8. The third-order valence-electron chi connectivity index (χ3n) is 4.49. The van der Waals surface area contributed by atoms with Crippen molar-refractivity contribution in [2.75, 3.05) is 41.3 Å². The quantitative estimate of drug-likeness (QED) is 0.299. The predicted molar refractivity (Wildman–Crippen MR) is 120 cm³/mol.